The van der Waals surface area contributed by atoms with E-state index in [4.69, 9.17) is 4.74 Å². The van der Waals surface area contributed by atoms with Crippen LogP contribution in [0.3, 0.4) is 0 Å². The Morgan fingerprint density at radius 1 is 1.21 bits per heavy atom. The van der Waals surface area contributed by atoms with Crippen molar-refractivity contribution in [3.8, 4) is 0 Å². The molecule has 2 aliphatic rings. The first-order valence-electron chi connectivity index (χ1n) is 7.84. The van der Waals surface area contributed by atoms with Crippen molar-refractivity contribution in [2.24, 2.45) is 11.8 Å². The molecule has 2 fully saturated rings. The second-order valence-corrected chi connectivity index (χ2v) is 8.19. The maximum absolute atomic E-state index is 13.0. The third kappa shape index (κ3) is 3.79. The Balaban J connectivity index is 2.06. The Morgan fingerprint density at radius 3 is 2.53 bits per heavy atom. The van der Waals surface area contributed by atoms with Gasteiger partial charge in [0.15, 0.2) is 0 Å². The summed E-state index contributed by atoms with van der Waals surface area (Å²) in [7, 11) is -0.712. The topological polar surface area (TPSA) is 38.3 Å². The number of ether oxygens (including phenoxy) is 1. The third-order valence-electron chi connectivity index (χ3n) is 4.62. The minimum atomic E-state index is -0.712. The van der Waals surface area contributed by atoms with Crippen LogP contribution in [-0.2, 0) is 15.5 Å². The van der Waals surface area contributed by atoms with Crippen molar-refractivity contribution >= 4 is 10.8 Å². The van der Waals surface area contributed by atoms with Gasteiger partial charge >= 0.3 is 0 Å². The van der Waals surface area contributed by atoms with Crippen LogP contribution in [0, 0.1) is 11.8 Å². The molecule has 5 unspecified atom stereocenters. The molecular weight excluding hydrogens is 258 g/mol. The fourth-order valence-electron chi connectivity index (χ4n) is 3.81. The molecular formula is C15H29NO2S. The summed E-state index contributed by atoms with van der Waals surface area (Å²) >= 11 is 0. The number of hydrogen-bond acceptors (Lipinski definition) is 3. The van der Waals surface area contributed by atoms with Crippen LogP contribution in [0.25, 0.3) is 0 Å². The van der Waals surface area contributed by atoms with Gasteiger partial charge in [0.25, 0.3) is 0 Å². The first-order chi connectivity index (χ1) is 9.13. The van der Waals surface area contributed by atoms with Crippen molar-refractivity contribution in [3.63, 3.8) is 0 Å². The Morgan fingerprint density at radius 2 is 1.89 bits per heavy atom. The molecule has 1 N–H and O–H groups in total. The van der Waals surface area contributed by atoms with Gasteiger partial charge in [0.2, 0.25) is 0 Å². The quantitative estimate of drug-likeness (QED) is 0.862. The van der Waals surface area contributed by atoms with Crippen molar-refractivity contribution in [1.29, 1.82) is 0 Å². The zero-order valence-corrected chi connectivity index (χ0v) is 13.4. The van der Waals surface area contributed by atoms with Crippen LogP contribution in [0.1, 0.15) is 46.5 Å². The Labute approximate surface area is 120 Å². The van der Waals surface area contributed by atoms with Crippen LogP contribution in [0.5, 0.6) is 0 Å². The summed E-state index contributed by atoms with van der Waals surface area (Å²) < 4.78 is 18.4. The van der Waals surface area contributed by atoms with E-state index in [0.717, 1.165) is 38.5 Å². The molecule has 1 saturated heterocycles. The molecule has 3 nitrogen and oxygen atoms in total. The van der Waals surface area contributed by atoms with Gasteiger partial charge in [-0.1, -0.05) is 20.8 Å². The van der Waals surface area contributed by atoms with Gasteiger partial charge in [0.1, 0.15) is 0 Å². The van der Waals surface area contributed by atoms with E-state index in [1.165, 1.54) is 12.8 Å². The van der Waals surface area contributed by atoms with Gasteiger partial charge in [-0.2, -0.15) is 0 Å². The summed E-state index contributed by atoms with van der Waals surface area (Å²) in [6.07, 6.45) is 4.35. The molecule has 0 bridgehead atoms. The smallest absolute Gasteiger partial charge is 0.0529 e. The number of nitrogens with one attached hydrogen (secondary N) is 1. The lowest BCUT2D eigenvalue weighted by Gasteiger charge is -2.41. The van der Waals surface area contributed by atoms with E-state index >= 15 is 0 Å². The van der Waals surface area contributed by atoms with Crippen LogP contribution in [0.2, 0.25) is 0 Å². The van der Waals surface area contributed by atoms with Gasteiger partial charge < -0.3 is 10.1 Å². The van der Waals surface area contributed by atoms with Crippen molar-refractivity contribution in [3.05, 3.63) is 0 Å². The van der Waals surface area contributed by atoms with Crippen molar-refractivity contribution in [2.45, 2.75) is 63.0 Å². The zero-order valence-electron chi connectivity index (χ0n) is 12.6. The molecule has 0 radical (unpaired) electrons. The summed E-state index contributed by atoms with van der Waals surface area (Å²) in [5.41, 5.74) is 0. The summed E-state index contributed by atoms with van der Waals surface area (Å²) in [5.74, 6) is 1.32. The van der Waals surface area contributed by atoms with E-state index in [-0.39, 0.29) is 0 Å². The van der Waals surface area contributed by atoms with Gasteiger partial charge in [-0.25, -0.2) is 0 Å². The van der Waals surface area contributed by atoms with Crippen LogP contribution in [0.4, 0.5) is 0 Å². The molecule has 0 aromatic rings. The van der Waals surface area contributed by atoms with Gasteiger partial charge in [-0.15, -0.1) is 0 Å². The van der Waals surface area contributed by atoms with E-state index in [1.54, 1.807) is 0 Å². The van der Waals surface area contributed by atoms with E-state index in [9.17, 15) is 4.21 Å². The van der Waals surface area contributed by atoms with E-state index in [2.05, 4.69) is 26.1 Å². The lowest BCUT2D eigenvalue weighted by atomic mass is 9.80. The molecule has 0 spiro atoms. The minimum absolute atomic E-state index is 0.333. The lowest BCUT2D eigenvalue weighted by molar-refractivity contribution is 0.0986. The maximum Gasteiger partial charge on any atom is 0.0529 e. The molecule has 0 aromatic heterocycles. The SMILES string of the molecule is CCNC1CC(C)CC(C)C1S(=O)C1CCOCC1. The molecule has 2 rings (SSSR count). The summed E-state index contributed by atoms with van der Waals surface area (Å²) in [6.45, 7) is 9.33. The van der Waals surface area contributed by atoms with Gasteiger partial charge in [0, 0.05) is 35.3 Å². The fraction of sp³-hybridized carbons (Fsp3) is 1.00. The lowest BCUT2D eigenvalue weighted by Crippen LogP contribution is -2.52. The van der Waals surface area contributed by atoms with E-state index in [1.807, 2.05) is 0 Å². The molecule has 112 valence electrons. The molecule has 1 saturated carbocycles. The van der Waals surface area contributed by atoms with Crippen LogP contribution >= 0.6 is 0 Å². The van der Waals surface area contributed by atoms with Crippen molar-refractivity contribution in [1.82, 2.24) is 5.32 Å². The summed E-state index contributed by atoms with van der Waals surface area (Å²) in [6, 6.07) is 0.437. The average molecular weight is 287 g/mol. The predicted molar refractivity (Wildman–Crippen MR) is 80.8 cm³/mol. The predicted octanol–water partition coefficient (Wildman–Crippen LogP) is 2.33. The highest BCUT2D eigenvalue weighted by atomic mass is 32.2. The Bertz CT molecular complexity index is 305. The van der Waals surface area contributed by atoms with Gasteiger partial charge in [-0.3, -0.25) is 4.21 Å². The van der Waals surface area contributed by atoms with Crippen LogP contribution in [-0.4, -0.2) is 40.5 Å². The summed E-state index contributed by atoms with van der Waals surface area (Å²) in [5, 5.41) is 4.28. The normalized spacial score (nSPS) is 39.1. The highest BCUT2D eigenvalue weighted by Gasteiger charge is 2.40. The first kappa shape index (κ1) is 15.5. The zero-order chi connectivity index (χ0) is 13.8. The molecule has 5 atom stereocenters. The monoisotopic (exact) mass is 287 g/mol. The third-order valence-corrected chi connectivity index (χ3v) is 7.08. The van der Waals surface area contributed by atoms with Crippen molar-refractivity contribution in [2.75, 3.05) is 19.8 Å². The number of hydrogen-bond donors (Lipinski definition) is 1. The highest BCUT2D eigenvalue weighted by Crippen LogP contribution is 2.34. The van der Waals surface area contributed by atoms with Gasteiger partial charge in [-0.05, 0) is 44.1 Å². The second kappa shape index (κ2) is 7.19. The molecule has 0 amide bonds. The van der Waals surface area contributed by atoms with Crippen LogP contribution < -0.4 is 5.32 Å². The van der Waals surface area contributed by atoms with Gasteiger partial charge in [0.05, 0.1) is 5.25 Å². The fourth-order valence-corrected chi connectivity index (χ4v) is 6.01. The molecule has 4 heteroatoms. The molecule has 1 aliphatic heterocycles. The Kier molecular flexibility index (Phi) is 5.85. The standard InChI is InChI=1S/C15H29NO2S/c1-4-16-14-10-11(2)9-12(3)15(14)19(17)13-5-7-18-8-6-13/h11-16H,4-10H2,1-3H3. The second-order valence-electron chi connectivity index (χ2n) is 6.32. The molecule has 1 aliphatic carbocycles. The number of rotatable bonds is 4. The largest absolute Gasteiger partial charge is 0.381 e. The highest BCUT2D eigenvalue weighted by molar-refractivity contribution is 7.86. The molecule has 1 heterocycles. The van der Waals surface area contributed by atoms with Crippen LogP contribution in [0.15, 0.2) is 0 Å². The molecule has 0 aromatic carbocycles. The first-order valence-corrected chi connectivity index (χ1v) is 9.11. The van der Waals surface area contributed by atoms with E-state index < -0.39 is 10.8 Å². The Hall–Kier alpha value is 0.0700. The minimum Gasteiger partial charge on any atom is -0.381 e. The summed E-state index contributed by atoms with van der Waals surface area (Å²) in [4.78, 5) is 0. The van der Waals surface area contributed by atoms with Crippen molar-refractivity contribution < 1.29 is 8.95 Å². The molecule has 19 heavy (non-hydrogen) atoms. The van der Waals surface area contributed by atoms with E-state index in [0.29, 0.717) is 22.5 Å². The average Bonchev–Trinajstić information content (AvgIpc) is 2.39. The maximum atomic E-state index is 13.0.